The van der Waals surface area contributed by atoms with Gasteiger partial charge in [0.25, 0.3) is 5.47 Å². The zero-order chi connectivity index (χ0) is 20.3. The van der Waals surface area contributed by atoms with Crippen LogP contribution < -0.4 is 10.5 Å². The summed E-state index contributed by atoms with van der Waals surface area (Å²) >= 11 is 0. The maximum Gasteiger partial charge on any atom is 0.380 e. The second kappa shape index (κ2) is 8.35. The molecule has 26 heavy (non-hydrogen) atoms. The highest BCUT2D eigenvalue weighted by Gasteiger charge is 2.55. The lowest BCUT2D eigenvalue weighted by molar-refractivity contribution is -0.123. The number of primary sulfonamides is 1. The Morgan fingerprint density at radius 1 is 1.12 bits per heavy atom. The molecule has 5 N–H and O–H groups in total. The molecule has 2 atom stereocenters. The predicted molar refractivity (Wildman–Crippen MR) is 98.1 cm³/mol. The first kappa shape index (κ1) is 23.0. The third-order valence-corrected chi connectivity index (χ3v) is 5.80. The molecule has 150 valence electrons. The Hall–Kier alpha value is -1.00. The van der Waals surface area contributed by atoms with E-state index in [0.717, 1.165) is 0 Å². The fourth-order valence-electron chi connectivity index (χ4n) is 2.48. The Balaban J connectivity index is 3.59. The normalized spacial score (nSPS) is 16.5. The lowest BCUT2D eigenvalue weighted by atomic mass is 10.2. The highest BCUT2D eigenvalue weighted by atomic mass is 32.2. The number of nitrogens with one attached hydrogen (secondary N) is 1. The number of ether oxygens (including phenoxy) is 2. The Morgan fingerprint density at radius 2 is 1.65 bits per heavy atom. The Bertz CT molecular complexity index is 763. The van der Waals surface area contributed by atoms with Crippen molar-refractivity contribution in [3.05, 3.63) is 24.3 Å². The largest absolute Gasteiger partial charge is 0.380 e. The van der Waals surface area contributed by atoms with Gasteiger partial charge in [-0.1, -0.05) is 12.1 Å². The van der Waals surface area contributed by atoms with Crippen molar-refractivity contribution in [2.45, 2.75) is 63.3 Å². The van der Waals surface area contributed by atoms with Crippen LogP contribution >= 0.6 is 7.60 Å². The average molecular weight is 410 g/mol. The molecule has 1 aromatic carbocycles. The second-order valence-corrected chi connectivity index (χ2v) is 9.68. The van der Waals surface area contributed by atoms with Crippen LogP contribution in [0.3, 0.4) is 0 Å². The van der Waals surface area contributed by atoms with Gasteiger partial charge in [0.1, 0.15) is 11.0 Å². The number of rotatable bonds is 9. The summed E-state index contributed by atoms with van der Waals surface area (Å²) in [5.74, 6) is 0. The van der Waals surface area contributed by atoms with Crippen LogP contribution in [0.2, 0.25) is 0 Å². The minimum atomic E-state index is -5.00. The maximum atomic E-state index is 12.4. The summed E-state index contributed by atoms with van der Waals surface area (Å²) in [5, 5.41) is 7.78. The monoisotopic (exact) mass is 410 g/mol. The van der Waals surface area contributed by atoms with E-state index in [0.29, 0.717) is 0 Å². The molecule has 1 rings (SSSR count). The number of hydrogen-bond acceptors (Lipinski definition) is 6. The van der Waals surface area contributed by atoms with Crippen LogP contribution in [0, 0.1) is 0 Å². The van der Waals surface area contributed by atoms with Crippen LogP contribution in [0.5, 0.6) is 0 Å². The molecule has 0 bridgehead atoms. The number of para-hydroxylation sites is 1. The summed E-state index contributed by atoms with van der Waals surface area (Å²) in [4.78, 5) is 19.8. The third-order valence-electron chi connectivity index (χ3n) is 3.38. The van der Waals surface area contributed by atoms with E-state index in [-0.39, 0.29) is 16.7 Å². The van der Waals surface area contributed by atoms with E-state index in [4.69, 9.17) is 14.6 Å². The summed E-state index contributed by atoms with van der Waals surface area (Å²) in [6.07, 6.45) is -2.09. The molecule has 0 amide bonds. The summed E-state index contributed by atoms with van der Waals surface area (Å²) < 4.78 is 47.3. The van der Waals surface area contributed by atoms with Crippen molar-refractivity contribution < 1.29 is 32.2 Å². The Labute approximate surface area is 154 Å². The molecule has 0 aromatic heterocycles. The van der Waals surface area contributed by atoms with Crippen molar-refractivity contribution in [3.63, 3.8) is 0 Å². The molecule has 9 nitrogen and oxygen atoms in total. The quantitative estimate of drug-likeness (QED) is 0.356. The molecule has 0 heterocycles. The van der Waals surface area contributed by atoms with Gasteiger partial charge in [-0.2, -0.15) is 0 Å². The summed E-state index contributed by atoms with van der Waals surface area (Å²) in [7, 11) is -9.15. The highest BCUT2D eigenvalue weighted by molar-refractivity contribution is 7.89. The smallest absolute Gasteiger partial charge is 0.370 e. The van der Waals surface area contributed by atoms with Crippen LogP contribution in [0.15, 0.2) is 29.2 Å². The molecular formula is C15H27N2O7PS. The van der Waals surface area contributed by atoms with Crippen LogP contribution in [0.1, 0.15) is 34.6 Å². The molecule has 11 heteroatoms. The van der Waals surface area contributed by atoms with E-state index in [2.05, 4.69) is 5.32 Å². The number of benzene rings is 1. The van der Waals surface area contributed by atoms with E-state index in [1.54, 1.807) is 27.7 Å². The lowest BCUT2D eigenvalue weighted by Gasteiger charge is -2.41. The standard InChI is InChI=1S/C15H27N2O7PS/c1-10(2)23-12(5)15(24-11(3)4,25(18,19)20)17-13-8-6-7-9-14(13)26(16,21)22/h6-12,17H,1-5H3,(H2,16,21,22)(H2,18,19,20). The van der Waals surface area contributed by atoms with Gasteiger partial charge in [-0.25, -0.2) is 13.6 Å². The fourth-order valence-corrected chi connectivity index (χ4v) is 4.32. The van der Waals surface area contributed by atoms with Gasteiger partial charge in [-0.3, -0.25) is 4.57 Å². The van der Waals surface area contributed by atoms with E-state index in [9.17, 15) is 22.8 Å². The molecule has 0 aliphatic heterocycles. The van der Waals surface area contributed by atoms with Crippen molar-refractivity contribution in [2.75, 3.05) is 5.32 Å². The first-order chi connectivity index (χ1) is 11.7. The van der Waals surface area contributed by atoms with E-state index >= 15 is 0 Å². The third kappa shape index (κ3) is 5.50. The van der Waals surface area contributed by atoms with Gasteiger partial charge in [0.15, 0.2) is 0 Å². The molecule has 0 radical (unpaired) electrons. The minimum absolute atomic E-state index is 0.0989. The lowest BCUT2D eigenvalue weighted by Crippen LogP contribution is -2.53. The minimum Gasteiger partial charge on any atom is -0.370 e. The maximum absolute atomic E-state index is 12.4. The molecule has 1 aromatic rings. The van der Waals surface area contributed by atoms with Crippen molar-refractivity contribution in [2.24, 2.45) is 5.14 Å². The molecule has 0 fully saturated rings. The molecule has 0 spiro atoms. The van der Waals surface area contributed by atoms with E-state index in [1.807, 2.05) is 0 Å². The summed E-state index contributed by atoms with van der Waals surface area (Å²) in [6.45, 7) is 8.04. The van der Waals surface area contributed by atoms with Gasteiger partial charge in [0, 0.05) is 0 Å². The zero-order valence-electron chi connectivity index (χ0n) is 15.4. The van der Waals surface area contributed by atoms with E-state index in [1.165, 1.54) is 31.2 Å². The van der Waals surface area contributed by atoms with E-state index < -0.39 is 35.3 Å². The Kier molecular flexibility index (Phi) is 7.40. The molecule has 2 unspecified atom stereocenters. The zero-order valence-corrected chi connectivity index (χ0v) is 17.1. The molecule has 0 saturated heterocycles. The van der Waals surface area contributed by atoms with Crippen molar-refractivity contribution in [1.82, 2.24) is 0 Å². The number of anilines is 1. The summed E-state index contributed by atoms with van der Waals surface area (Å²) in [5.41, 5.74) is -2.41. The number of sulfonamides is 1. The summed E-state index contributed by atoms with van der Waals surface area (Å²) in [6, 6.07) is 5.52. The average Bonchev–Trinajstić information content (AvgIpc) is 2.43. The Morgan fingerprint density at radius 3 is 2.08 bits per heavy atom. The van der Waals surface area contributed by atoms with Crippen LogP contribution in [0.4, 0.5) is 5.69 Å². The van der Waals surface area contributed by atoms with Crippen molar-refractivity contribution in [1.29, 1.82) is 0 Å². The van der Waals surface area contributed by atoms with Gasteiger partial charge in [-0.05, 0) is 46.8 Å². The highest BCUT2D eigenvalue weighted by Crippen LogP contribution is 2.55. The van der Waals surface area contributed by atoms with Gasteiger partial charge < -0.3 is 24.6 Å². The van der Waals surface area contributed by atoms with Crippen LogP contribution in [-0.4, -0.2) is 42.0 Å². The van der Waals surface area contributed by atoms with Gasteiger partial charge >= 0.3 is 7.60 Å². The van der Waals surface area contributed by atoms with Crippen molar-refractivity contribution >= 4 is 23.3 Å². The van der Waals surface area contributed by atoms with Gasteiger partial charge in [-0.15, -0.1) is 0 Å². The number of nitrogens with two attached hydrogens (primary N) is 1. The topological polar surface area (TPSA) is 148 Å². The first-order valence-corrected chi connectivity index (χ1v) is 11.2. The number of hydrogen-bond donors (Lipinski definition) is 4. The molecular weight excluding hydrogens is 383 g/mol. The predicted octanol–water partition coefficient (Wildman–Crippen LogP) is 1.82. The molecule has 0 saturated carbocycles. The molecule has 0 aliphatic carbocycles. The first-order valence-electron chi connectivity index (χ1n) is 7.99. The van der Waals surface area contributed by atoms with Crippen LogP contribution in [0.25, 0.3) is 0 Å². The SMILES string of the molecule is CC(C)OC(C)C(Nc1ccccc1S(N)(=O)=O)(OC(C)C)P(=O)(O)O. The fraction of sp³-hybridized carbons (Fsp3) is 0.600. The van der Waals surface area contributed by atoms with Gasteiger partial charge in [0.05, 0.1) is 17.9 Å². The van der Waals surface area contributed by atoms with Crippen molar-refractivity contribution in [3.8, 4) is 0 Å². The van der Waals surface area contributed by atoms with Gasteiger partial charge in [0.2, 0.25) is 10.0 Å². The molecule has 0 aliphatic rings. The van der Waals surface area contributed by atoms with Crippen LogP contribution in [-0.2, 0) is 24.1 Å². The second-order valence-electron chi connectivity index (χ2n) is 6.40.